The Balaban J connectivity index is 2.29. The van der Waals surface area contributed by atoms with Gasteiger partial charge in [-0.05, 0) is 11.5 Å². The second-order valence-corrected chi connectivity index (χ2v) is 6.16. The molecule has 0 radical (unpaired) electrons. The van der Waals surface area contributed by atoms with Crippen LogP contribution in [-0.2, 0) is 9.30 Å². The Labute approximate surface area is 119 Å². The van der Waals surface area contributed by atoms with E-state index in [1.807, 2.05) is 4.98 Å². The molecule has 1 aromatic heterocycles. The largest absolute Gasteiger partial charge is 0.505 e. The average Bonchev–Trinajstić information content (AvgIpc) is 2.60. The van der Waals surface area contributed by atoms with Gasteiger partial charge in [0.05, 0.1) is 6.10 Å². The number of nitrogens with zero attached hydrogens (tertiary/aromatic N) is 1. The number of nitrogens with one attached hydrogen (secondary N) is 1. The Bertz CT molecular complexity index is 657. The molecule has 0 aromatic carbocycles. The highest BCUT2D eigenvalue weighted by atomic mass is 31.1. The lowest BCUT2D eigenvalue weighted by Gasteiger charge is -2.24. The van der Waals surface area contributed by atoms with Gasteiger partial charge in [0.2, 0.25) is 0 Å². The first-order valence-corrected chi connectivity index (χ1v) is 7.60. The van der Waals surface area contributed by atoms with Gasteiger partial charge in [0.1, 0.15) is 6.10 Å². The first-order valence-electron chi connectivity index (χ1n) is 6.21. The molecule has 1 fully saturated rings. The monoisotopic (exact) mass is 321 g/mol. The highest BCUT2D eigenvalue weighted by Crippen LogP contribution is 2.42. The predicted octanol–water partition coefficient (Wildman–Crippen LogP) is -0.352. The molecule has 1 aliphatic rings. The molecule has 2 rings (SSSR count). The SMILES string of the molecule is C[C@]1(F)C(n2ccc(=O)[nH]c2=O)OC(CC[P+](=O)O)[C@H]1O. The molecule has 3 N–H and O–H groups in total. The van der Waals surface area contributed by atoms with Crippen LogP contribution in [0.4, 0.5) is 4.39 Å². The number of alkyl halides is 1. The van der Waals surface area contributed by atoms with Crippen molar-refractivity contribution in [3.63, 3.8) is 0 Å². The fraction of sp³-hybridized carbons (Fsp3) is 0.636. The normalized spacial score (nSPS) is 33.1. The van der Waals surface area contributed by atoms with Crippen LogP contribution in [0.3, 0.4) is 0 Å². The number of halogens is 1. The summed E-state index contributed by atoms with van der Waals surface area (Å²) in [6.45, 7) is 1.07. The van der Waals surface area contributed by atoms with E-state index in [0.717, 1.165) is 23.8 Å². The van der Waals surface area contributed by atoms with Crippen molar-refractivity contribution in [2.45, 2.75) is 37.4 Å². The predicted molar refractivity (Wildman–Crippen MR) is 70.1 cm³/mol. The maximum atomic E-state index is 14.6. The Hall–Kier alpha value is -1.41. The van der Waals surface area contributed by atoms with Gasteiger partial charge in [0.15, 0.2) is 18.1 Å². The van der Waals surface area contributed by atoms with Crippen molar-refractivity contribution in [1.82, 2.24) is 9.55 Å². The summed E-state index contributed by atoms with van der Waals surface area (Å²) in [5.74, 6) is 0. The van der Waals surface area contributed by atoms with Crippen molar-refractivity contribution in [1.29, 1.82) is 0 Å². The van der Waals surface area contributed by atoms with E-state index in [1.54, 1.807) is 0 Å². The van der Waals surface area contributed by atoms with Gasteiger partial charge in [-0.25, -0.2) is 9.18 Å². The van der Waals surface area contributed by atoms with Crippen LogP contribution in [0.2, 0.25) is 0 Å². The molecular formula is C11H15FN2O6P+. The molecule has 5 atom stereocenters. The fourth-order valence-electron chi connectivity index (χ4n) is 2.30. The van der Waals surface area contributed by atoms with Crippen LogP contribution < -0.4 is 11.2 Å². The van der Waals surface area contributed by atoms with Gasteiger partial charge < -0.3 is 9.84 Å². The molecule has 8 nitrogen and oxygen atoms in total. The van der Waals surface area contributed by atoms with E-state index in [9.17, 15) is 23.7 Å². The average molecular weight is 321 g/mol. The zero-order valence-corrected chi connectivity index (χ0v) is 12.0. The maximum absolute atomic E-state index is 14.6. The molecular weight excluding hydrogens is 306 g/mol. The lowest BCUT2D eigenvalue weighted by atomic mass is 9.97. The van der Waals surface area contributed by atoms with Crippen LogP contribution >= 0.6 is 8.03 Å². The molecule has 0 aliphatic carbocycles. The third-order valence-corrected chi connectivity index (χ3v) is 4.07. The minimum atomic E-state index is -2.43. The van der Waals surface area contributed by atoms with E-state index in [-0.39, 0.29) is 12.6 Å². The minimum absolute atomic E-state index is 0.0268. The van der Waals surface area contributed by atoms with E-state index < -0.39 is 43.4 Å². The van der Waals surface area contributed by atoms with Crippen LogP contribution in [0, 0.1) is 0 Å². The number of aliphatic hydroxyl groups excluding tert-OH is 1. The number of aromatic amines is 1. The van der Waals surface area contributed by atoms with E-state index in [2.05, 4.69) is 0 Å². The molecule has 21 heavy (non-hydrogen) atoms. The van der Waals surface area contributed by atoms with Crippen molar-refractivity contribution in [3.05, 3.63) is 33.1 Å². The van der Waals surface area contributed by atoms with E-state index in [0.29, 0.717) is 0 Å². The van der Waals surface area contributed by atoms with Gasteiger partial charge in [-0.15, -0.1) is 0 Å². The Morgan fingerprint density at radius 3 is 2.81 bits per heavy atom. The topological polar surface area (TPSA) is 122 Å². The van der Waals surface area contributed by atoms with E-state index in [4.69, 9.17) is 9.63 Å². The lowest BCUT2D eigenvalue weighted by Crippen LogP contribution is -2.43. The van der Waals surface area contributed by atoms with Gasteiger partial charge in [0, 0.05) is 18.7 Å². The number of hydrogen-bond donors (Lipinski definition) is 3. The van der Waals surface area contributed by atoms with Gasteiger partial charge in [0.25, 0.3) is 5.56 Å². The Morgan fingerprint density at radius 2 is 2.24 bits per heavy atom. The fourth-order valence-corrected chi connectivity index (χ4v) is 2.77. The molecule has 10 heteroatoms. The number of aromatic nitrogens is 2. The molecule has 2 heterocycles. The zero-order valence-electron chi connectivity index (χ0n) is 11.1. The molecule has 0 saturated carbocycles. The van der Waals surface area contributed by atoms with Crippen LogP contribution in [0.1, 0.15) is 19.6 Å². The van der Waals surface area contributed by atoms with Gasteiger partial charge in [-0.2, -0.15) is 4.89 Å². The van der Waals surface area contributed by atoms with E-state index in [1.165, 1.54) is 0 Å². The number of H-pyrrole nitrogens is 1. The summed E-state index contributed by atoms with van der Waals surface area (Å²) in [6, 6.07) is 1.03. The smallest absolute Gasteiger partial charge is 0.387 e. The molecule has 1 aromatic rings. The van der Waals surface area contributed by atoms with Crippen LogP contribution in [-0.4, -0.2) is 43.6 Å². The third-order valence-electron chi connectivity index (χ3n) is 3.43. The Kier molecular flexibility index (Phi) is 4.38. The second kappa shape index (κ2) is 5.76. The summed E-state index contributed by atoms with van der Waals surface area (Å²) in [7, 11) is -2.43. The summed E-state index contributed by atoms with van der Waals surface area (Å²) in [4.78, 5) is 33.4. The number of aliphatic hydroxyl groups is 1. The molecule has 3 unspecified atom stereocenters. The second-order valence-electron chi connectivity index (χ2n) is 5.00. The Morgan fingerprint density at radius 1 is 1.57 bits per heavy atom. The standard InChI is InChI=1S/C11H14FN2O6P/c1-11(12)8(16)6(3-5-21(18)19)20-9(11)14-4-2-7(15)13-10(14)17/h2,4,6,8-9,16H,3,5H2,1H3,(H-,13,15,17,18,19)/p+1/t6?,8-,9?,11-/m1/s1. The zero-order chi connectivity index (χ0) is 15.8. The highest BCUT2D eigenvalue weighted by molar-refractivity contribution is 7.37. The summed E-state index contributed by atoms with van der Waals surface area (Å²) >= 11 is 0. The third kappa shape index (κ3) is 3.11. The molecule has 116 valence electrons. The first kappa shape index (κ1) is 16.0. The lowest BCUT2D eigenvalue weighted by molar-refractivity contribution is -0.0509. The highest BCUT2D eigenvalue weighted by Gasteiger charge is 2.55. The van der Waals surface area contributed by atoms with Crippen molar-refractivity contribution in [2.24, 2.45) is 0 Å². The van der Waals surface area contributed by atoms with Gasteiger partial charge in [-0.3, -0.25) is 14.3 Å². The molecule has 0 bridgehead atoms. The van der Waals surface area contributed by atoms with Crippen LogP contribution in [0.15, 0.2) is 21.9 Å². The van der Waals surface area contributed by atoms with Crippen molar-refractivity contribution >= 4 is 8.03 Å². The first-order chi connectivity index (χ1) is 9.73. The molecule has 0 amide bonds. The summed E-state index contributed by atoms with van der Waals surface area (Å²) in [5.41, 5.74) is -3.78. The van der Waals surface area contributed by atoms with Crippen molar-refractivity contribution in [3.8, 4) is 0 Å². The van der Waals surface area contributed by atoms with Crippen molar-refractivity contribution in [2.75, 3.05) is 6.16 Å². The molecule has 1 saturated heterocycles. The minimum Gasteiger partial charge on any atom is -0.387 e. The summed E-state index contributed by atoms with van der Waals surface area (Å²) in [6.07, 6.45) is -3.11. The van der Waals surface area contributed by atoms with Gasteiger partial charge in [-0.1, -0.05) is 0 Å². The summed E-state index contributed by atoms with van der Waals surface area (Å²) < 4.78 is 31.5. The van der Waals surface area contributed by atoms with Crippen LogP contribution in [0.25, 0.3) is 0 Å². The molecule has 0 spiro atoms. The summed E-state index contributed by atoms with van der Waals surface area (Å²) in [5, 5.41) is 9.94. The molecule has 1 aliphatic heterocycles. The van der Waals surface area contributed by atoms with E-state index >= 15 is 0 Å². The maximum Gasteiger partial charge on any atom is 0.505 e. The number of hydrogen-bond acceptors (Lipinski definition) is 5. The quantitative estimate of drug-likeness (QED) is 0.652. The van der Waals surface area contributed by atoms with Crippen LogP contribution in [0.5, 0.6) is 0 Å². The number of rotatable bonds is 4. The van der Waals surface area contributed by atoms with Gasteiger partial charge >= 0.3 is 13.7 Å². The van der Waals surface area contributed by atoms with Crippen molar-refractivity contribution < 1.29 is 23.7 Å². The number of ether oxygens (including phenoxy) is 1.